The van der Waals surface area contributed by atoms with Crippen molar-refractivity contribution in [1.29, 1.82) is 0 Å². The maximum Gasteiger partial charge on any atom is 0.0541 e. The molecule has 15 heavy (non-hydrogen) atoms. The lowest BCUT2D eigenvalue weighted by molar-refractivity contribution is 0.522. The predicted octanol–water partition coefficient (Wildman–Crippen LogP) is 1.69. The molecule has 1 aromatic rings. The minimum atomic E-state index is 0.272. The van der Waals surface area contributed by atoms with Gasteiger partial charge in [-0.2, -0.15) is 0 Å². The Labute approximate surface area is 92.1 Å². The van der Waals surface area contributed by atoms with Crippen LogP contribution in [0.5, 0.6) is 0 Å². The summed E-state index contributed by atoms with van der Waals surface area (Å²) in [6.07, 6.45) is 5.35. The van der Waals surface area contributed by atoms with E-state index in [0.29, 0.717) is 0 Å². The first kappa shape index (κ1) is 12.1. The Bertz CT molecular complexity index is 248. The zero-order chi connectivity index (χ0) is 10.9. The van der Waals surface area contributed by atoms with Gasteiger partial charge in [0.05, 0.1) is 5.69 Å². The Balaban J connectivity index is 2.11. The van der Waals surface area contributed by atoms with Gasteiger partial charge < -0.3 is 11.1 Å². The number of nitrogens with one attached hydrogen (secondary N) is 1. The van der Waals surface area contributed by atoms with Crippen LogP contribution in [0.4, 0.5) is 0 Å². The number of unbranched alkanes of at least 4 members (excludes halogenated alkanes) is 1. The zero-order valence-electron chi connectivity index (χ0n) is 9.45. The van der Waals surface area contributed by atoms with Crippen molar-refractivity contribution in [2.75, 3.05) is 6.54 Å². The van der Waals surface area contributed by atoms with Crippen molar-refractivity contribution in [2.24, 2.45) is 5.73 Å². The van der Waals surface area contributed by atoms with E-state index in [9.17, 15) is 0 Å². The average Bonchev–Trinajstić information content (AvgIpc) is 2.28. The van der Waals surface area contributed by atoms with Crippen LogP contribution in [0.2, 0.25) is 0 Å². The minimum Gasteiger partial charge on any atom is -0.327 e. The lowest BCUT2D eigenvalue weighted by Crippen LogP contribution is -2.33. The Hall–Kier alpha value is -0.930. The molecule has 1 heterocycles. The highest BCUT2D eigenvalue weighted by atomic mass is 14.9. The van der Waals surface area contributed by atoms with Gasteiger partial charge in [0.1, 0.15) is 0 Å². The molecule has 1 aromatic heterocycles. The highest BCUT2D eigenvalue weighted by Gasteiger charge is 2.00. The quantitative estimate of drug-likeness (QED) is 0.715. The second-order valence-corrected chi connectivity index (χ2v) is 3.85. The molecule has 3 N–H and O–H groups in total. The van der Waals surface area contributed by atoms with Crippen molar-refractivity contribution >= 4 is 0 Å². The Morgan fingerprint density at radius 2 is 2.33 bits per heavy atom. The maximum atomic E-state index is 5.94. The largest absolute Gasteiger partial charge is 0.327 e. The molecular formula is C12H21N3. The van der Waals surface area contributed by atoms with E-state index in [1.165, 1.54) is 12.8 Å². The lowest BCUT2D eigenvalue weighted by Gasteiger charge is -2.11. The first-order valence-corrected chi connectivity index (χ1v) is 5.69. The summed E-state index contributed by atoms with van der Waals surface area (Å²) >= 11 is 0. The van der Waals surface area contributed by atoms with Crippen LogP contribution in [0.15, 0.2) is 24.4 Å². The third-order valence-corrected chi connectivity index (χ3v) is 2.37. The predicted molar refractivity (Wildman–Crippen MR) is 63.4 cm³/mol. The smallest absolute Gasteiger partial charge is 0.0541 e. The molecule has 3 heteroatoms. The molecule has 0 aliphatic rings. The highest BCUT2D eigenvalue weighted by Crippen LogP contribution is 1.97. The average molecular weight is 207 g/mol. The molecule has 1 atom stereocenters. The van der Waals surface area contributed by atoms with Crippen molar-refractivity contribution in [3.63, 3.8) is 0 Å². The van der Waals surface area contributed by atoms with Crippen LogP contribution in [-0.4, -0.2) is 17.6 Å². The summed E-state index contributed by atoms with van der Waals surface area (Å²) in [7, 11) is 0. The van der Waals surface area contributed by atoms with E-state index in [4.69, 9.17) is 5.73 Å². The molecule has 0 saturated carbocycles. The molecule has 0 radical (unpaired) electrons. The zero-order valence-corrected chi connectivity index (χ0v) is 9.45. The minimum absolute atomic E-state index is 0.272. The fraction of sp³-hybridized carbons (Fsp3) is 0.583. The van der Waals surface area contributed by atoms with Crippen LogP contribution >= 0.6 is 0 Å². The fourth-order valence-corrected chi connectivity index (χ4v) is 1.46. The van der Waals surface area contributed by atoms with Gasteiger partial charge in [-0.05, 0) is 18.6 Å². The molecule has 0 aliphatic heterocycles. The Morgan fingerprint density at radius 1 is 1.47 bits per heavy atom. The van der Waals surface area contributed by atoms with E-state index in [0.717, 1.165) is 25.2 Å². The normalized spacial score (nSPS) is 12.7. The van der Waals surface area contributed by atoms with Crippen LogP contribution < -0.4 is 11.1 Å². The Morgan fingerprint density at radius 3 is 3.00 bits per heavy atom. The summed E-state index contributed by atoms with van der Waals surface area (Å²) in [5.74, 6) is 0. The molecular weight excluding hydrogens is 186 g/mol. The molecule has 3 nitrogen and oxygen atoms in total. The summed E-state index contributed by atoms with van der Waals surface area (Å²) in [6, 6.07) is 6.22. The molecule has 0 amide bonds. The molecule has 0 bridgehead atoms. The molecule has 0 aliphatic carbocycles. The third-order valence-electron chi connectivity index (χ3n) is 2.37. The summed E-state index contributed by atoms with van der Waals surface area (Å²) in [5.41, 5.74) is 7.01. The van der Waals surface area contributed by atoms with E-state index < -0.39 is 0 Å². The van der Waals surface area contributed by atoms with Gasteiger partial charge >= 0.3 is 0 Å². The van der Waals surface area contributed by atoms with Gasteiger partial charge in [-0.1, -0.05) is 25.8 Å². The lowest BCUT2D eigenvalue weighted by atomic mass is 10.1. The maximum absolute atomic E-state index is 5.94. The Kier molecular flexibility index (Phi) is 5.97. The van der Waals surface area contributed by atoms with Crippen molar-refractivity contribution in [3.8, 4) is 0 Å². The molecule has 1 unspecified atom stereocenters. The SMILES string of the molecule is CCCCC(N)CNCc1ccccn1. The van der Waals surface area contributed by atoms with Crippen LogP contribution in [0.3, 0.4) is 0 Å². The molecule has 0 fully saturated rings. The van der Waals surface area contributed by atoms with Crippen LogP contribution in [0.1, 0.15) is 31.9 Å². The van der Waals surface area contributed by atoms with E-state index in [1.54, 1.807) is 0 Å². The van der Waals surface area contributed by atoms with Crippen LogP contribution in [-0.2, 0) is 6.54 Å². The van der Waals surface area contributed by atoms with Gasteiger partial charge in [-0.15, -0.1) is 0 Å². The number of hydrogen-bond acceptors (Lipinski definition) is 3. The molecule has 1 rings (SSSR count). The monoisotopic (exact) mass is 207 g/mol. The number of rotatable bonds is 7. The number of nitrogens with two attached hydrogens (primary N) is 1. The van der Waals surface area contributed by atoms with E-state index in [-0.39, 0.29) is 6.04 Å². The first-order chi connectivity index (χ1) is 7.33. The van der Waals surface area contributed by atoms with Gasteiger partial charge in [0.2, 0.25) is 0 Å². The van der Waals surface area contributed by atoms with Gasteiger partial charge in [0.15, 0.2) is 0 Å². The number of nitrogens with zero attached hydrogens (tertiary/aromatic N) is 1. The molecule has 0 saturated heterocycles. The molecule has 0 spiro atoms. The summed E-state index contributed by atoms with van der Waals surface area (Å²) in [6.45, 7) is 3.87. The van der Waals surface area contributed by atoms with Crippen molar-refractivity contribution in [2.45, 2.75) is 38.8 Å². The highest BCUT2D eigenvalue weighted by molar-refractivity contribution is 5.02. The second-order valence-electron chi connectivity index (χ2n) is 3.85. The first-order valence-electron chi connectivity index (χ1n) is 5.69. The van der Waals surface area contributed by atoms with Crippen molar-refractivity contribution < 1.29 is 0 Å². The summed E-state index contributed by atoms with van der Waals surface area (Å²) < 4.78 is 0. The molecule has 84 valence electrons. The van der Waals surface area contributed by atoms with Gasteiger partial charge in [-0.3, -0.25) is 4.98 Å². The molecule has 0 aromatic carbocycles. The van der Waals surface area contributed by atoms with E-state index >= 15 is 0 Å². The fourth-order valence-electron chi connectivity index (χ4n) is 1.46. The topological polar surface area (TPSA) is 50.9 Å². The van der Waals surface area contributed by atoms with Gasteiger partial charge in [0.25, 0.3) is 0 Å². The van der Waals surface area contributed by atoms with Crippen molar-refractivity contribution in [3.05, 3.63) is 30.1 Å². The van der Waals surface area contributed by atoms with Crippen molar-refractivity contribution in [1.82, 2.24) is 10.3 Å². The number of hydrogen-bond donors (Lipinski definition) is 2. The number of aromatic nitrogens is 1. The summed E-state index contributed by atoms with van der Waals surface area (Å²) in [5, 5.41) is 3.32. The van der Waals surface area contributed by atoms with E-state index in [1.807, 2.05) is 24.4 Å². The number of pyridine rings is 1. The van der Waals surface area contributed by atoms with Gasteiger partial charge in [-0.25, -0.2) is 0 Å². The second kappa shape index (κ2) is 7.37. The van der Waals surface area contributed by atoms with Gasteiger partial charge in [0, 0.05) is 25.3 Å². The van der Waals surface area contributed by atoms with Crippen LogP contribution in [0.25, 0.3) is 0 Å². The third kappa shape index (κ3) is 5.50. The summed E-state index contributed by atoms with van der Waals surface area (Å²) in [4.78, 5) is 4.23. The standard InChI is InChI=1S/C12H21N3/c1-2-3-6-11(13)9-14-10-12-7-4-5-8-15-12/h4-5,7-8,11,14H,2-3,6,9-10,13H2,1H3. The van der Waals surface area contributed by atoms with E-state index in [2.05, 4.69) is 17.2 Å². The van der Waals surface area contributed by atoms with Crippen LogP contribution in [0, 0.1) is 0 Å².